The Morgan fingerprint density at radius 2 is 2.08 bits per heavy atom. The average Bonchev–Trinajstić information content (AvgIpc) is 3.10. The highest BCUT2D eigenvalue weighted by Crippen LogP contribution is 2.25. The Balaban J connectivity index is 1.60. The zero-order chi connectivity index (χ0) is 18.5. The van der Waals surface area contributed by atoms with Gasteiger partial charge in [0.2, 0.25) is 0 Å². The molecule has 1 atom stereocenters. The molecule has 3 rings (SSSR count). The standard InChI is InChI=1S/C19H21FN2O3S/c20-15-6-3-13(4-7-15)10-17-21-11-16(26-17)19(25)22-9-1-2-14(12-22)5-8-18(23)24/h3-4,6-7,11,14H,1-2,5,8-10,12H2,(H,23,24)/t14-/m0/s1. The highest BCUT2D eigenvalue weighted by Gasteiger charge is 2.26. The Labute approximate surface area is 155 Å². The fourth-order valence-corrected chi connectivity index (χ4v) is 4.16. The van der Waals surface area contributed by atoms with Crippen LogP contribution in [0.1, 0.15) is 45.9 Å². The van der Waals surface area contributed by atoms with Crippen molar-refractivity contribution < 1.29 is 19.1 Å². The van der Waals surface area contributed by atoms with Crippen molar-refractivity contribution in [1.82, 2.24) is 9.88 Å². The van der Waals surface area contributed by atoms with E-state index in [-0.39, 0.29) is 24.1 Å². The number of carboxylic acids is 1. The average molecular weight is 376 g/mol. The number of likely N-dealkylation sites (tertiary alicyclic amines) is 1. The normalized spacial score (nSPS) is 17.3. The number of thiazole rings is 1. The molecule has 0 spiro atoms. The molecule has 1 aliphatic heterocycles. The Bertz CT molecular complexity index is 775. The fraction of sp³-hybridized carbons (Fsp3) is 0.421. The van der Waals surface area contributed by atoms with Gasteiger partial charge in [0, 0.05) is 25.9 Å². The van der Waals surface area contributed by atoms with Gasteiger partial charge >= 0.3 is 5.97 Å². The first-order valence-corrected chi connectivity index (χ1v) is 9.53. The molecule has 1 aromatic carbocycles. The van der Waals surface area contributed by atoms with E-state index in [1.807, 2.05) is 4.90 Å². The topological polar surface area (TPSA) is 70.5 Å². The first-order valence-electron chi connectivity index (χ1n) is 8.71. The van der Waals surface area contributed by atoms with Crippen LogP contribution in [-0.4, -0.2) is 40.0 Å². The van der Waals surface area contributed by atoms with E-state index in [1.54, 1.807) is 18.3 Å². The number of hydrogen-bond donors (Lipinski definition) is 1. The molecule has 1 N–H and O–H groups in total. The lowest BCUT2D eigenvalue weighted by molar-refractivity contribution is -0.137. The summed E-state index contributed by atoms with van der Waals surface area (Å²) in [5.41, 5.74) is 0.950. The van der Waals surface area contributed by atoms with E-state index in [9.17, 15) is 14.0 Å². The van der Waals surface area contributed by atoms with E-state index >= 15 is 0 Å². The fourth-order valence-electron chi connectivity index (χ4n) is 3.24. The number of carbonyl (C=O) groups excluding carboxylic acids is 1. The second-order valence-corrected chi connectivity index (χ2v) is 7.73. The van der Waals surface area contributed by atoms with Crippen LogP contribution in [0.2, 0.25) is 0 Å². The predicted octanol–water partition coefficient (Wildman–Crippen LogP) is 3.59. The maximum absolute atomic E-state index is 13.0. The summed E-state index contributed by atoms with van der Waals surface area (Å²) in [5, 5.41) is 9.65. The molecule has 0 bridgehead atoms. The van der Waals surface area contributed by atoms with Crippen LogP contribution < -0.4 is 0 Å². The largest absolute Gasteiger partial charge is 0.481 e. The SMILES string of the molecule is O=C(O)CC[C@@H]1CCCN(C(=O)c2cnc(Cc3ccc(F)cc3)s2)C1. The molecule has 1 aromatic heterocycles. The molecule has 5 nitrogen and oxygen atoms in total. The molecule has 0 radical (unpaired) electrons. The van der Waals surface area contributed by atoms with Gasteiger partial charge in [-0.15, -0.1) is 11.3 Å². The lowest BCUT2D eigenvalue weighted by Crippen LogP contribution is -2.39. The number of rotatable bonds is 6. The number of aliphatic carboxylic acids is 1. The molecule has 1 aliphatic rings. The lowest BCUT2D eigenvalue weighted by Gasteiger charge is -2.32. The van der Waals surface area contributed by atoms with Gasteiger partial charge in [0.05, 0.1) is 11.2 Å². The molecule has 1 fully saturated rings. The van der Waals surface area contributed by atoms with Gasteiger partial charge in [0.15, 0.2) is 0 Å². The predicted molar refractivity (Wildman–Crippen MR) is 96.8 cm³/mol. The molecule has 26 heavy (non-hydrogen) atoms. The number of nitrogens with zero attached hydrogens (tertiary/aromatic N) is 2. The molecule has 138 valence electrons. The molecule has 0 unspecified atom stereocenters. The molecule has 2 aromatic rings. The number of benzene rings is 1. The summed E-state index contributed by atoms with van der Waals surface area (Å²) in [7, 11) is 0. The van der Waals surface area contributed by atoms with Crippen molar-refractivity contribution in [3.8, 4) is 0 Å². The summed E-state index contributed by atoms with van der Waals surface area (Å²) in [6, 6.07) is 6.27. The van der Waals surface area contributed by atoms with Gasteiger partial charge in [-0.25, -0.2) is 9.37 Å². The van der Waals surface area contributed by atoms with Crippen molar-refractivity contribution in [2.24, 2.45) is 5.92 Å². The van der Waals surface area contributed by atoms with Crippen LogP contribution in [0.3, 0.4) is 0 Å². The highest BCUT2D eigenvalue weighted by molar-refractivity contribution is 7.13. The van der Waals surface area contributed by atoms with E-state index in [1.165, 1.54) is 23.5 Å². The van der Waals surface area contributed by atoms with Gasteiger partial charge in [-0.1, -0.05) is 12.1 Å². The number of amides is 1. The van der Waals surface area contributed by atoms with E-state index in [0.717, 1.165) is 23.4 Å². The summed E-state index contributed by atoms with van der Waals surface area (Å²) < 4.78 is 13.0. The summed E-state index contributed by atoms with van der Waals surface area (Å²) in [4.78, 5) is 30.2. The minimum atomic E-state index is -0.790. The van der Waals surface area contributed by atoms with Crippen LogP contribution in [0.5, 0.6) is 0 Å². The van der Waals surface area contributed by atoms with E-state index in [2.05, 4.69) is 4.98 Å². The van der Waals surface area contributed by atoms with E-state index in [4.69, 9.17) is 5.11 Å². The monoisotopic (exact) mass is 376 g/mol. The first-order chi connectivity index (χ1) is 12.5. The second-order valence-electron chi connectivity index (χ2n) is 6.61. The number of aromatic nitrogens is 1. The van der Waals surface area contributed by atoms with Crippen LogP contribution in [0.4, 0.5) is 4.39 Å². The maximum atomic E-state index is 13.0. The van der Waals surface area contributed by atoms with Gasteiger partial charge < -0.3 is 10.0 Å². The first kappa shape index (κ1) is 18.5. The highest BCUT2D eigenvalue weighted by atomic mass is 32.1. The molecule has 0 saturated carbocycles. The van der Waals surface area contributed by atoms with Crippen molar-refractivity contribution in [2.75, 3.05) is 13.1 Å². The molecule has 1 amide bonds. The molecular formula is C19H21FN2O3S. The summed E-state index contributed by atoms with van der Waals surface area (Å²) >= 11 is 1.36. The summed E-state index contributed by atoms with van der Waals surface area (Å²) in [5.74, 6) is -0.851. The maximum Gasteiger partial charge on any atom is 0.303 e. The molecule has 0 aliphatic carbocycles. The zero-order valence-corrected chi connectivity index (χ0v) is 15.2. The zero-order valence-electron chi connectivity index (χ0n) is 14.4. The number of hydrogen-bond acceptors (Lipinski definition) is 4. The third-order valence-corrected chi connectivity index (χ3v) is 5.59. The van der Waals surface area contributed by atoms with Crippen molar-refractivity contribution in [3.05, 3.63) is 51.7 Å². The second kappa shape index (κ2) is 8.40. The Hall–Kier alpha value is -2.28. The Kier molecular flexibility index (Phi) is 5.98. The van der Waals surface area contributed by atoms with Gasteiger partial charge in [0.25, 0.3) is 5.91 Å². The lowest BCUT2D eigenvalue weighted by atomic mass is 9.93. The van der Waals surface area contributed by atoms with Crippen LogP contribution in [0, 0.1) is 11.7 Å². The van der Waals surface area contributed by atoms with E-state index in [0.29, 0.717) is 30.8 Å². The Morgan fingerprint density at radius 3 is 2.81 bits per heavy atom. The van der Waals surface area contributed by atoms with Crippen LogP contribution in [0.15, 0.2) is 30.5 Å². The Morgan fingerprint density at radius 1 is 1.31 bits per heavy atom. The smallest absolute Gasteiger partial charge is 0.303 e. The van der Waals surface area contributed by atoms with Crippen LogP contribution in [-0.2, 0) is 11.2 Å². The third-order valence-electron chi connectivity index (χ3n) is 4.61. The molecule has 7 heteroatoms. The number of halogens is 1. The minimum Gasteiger partial charge on any atom is -0.481 e. The van der Waals surface area contributed by atoms with Crippen molar-refractivity contribution in [3.63, 3.8) is 0 Å². The van der Waals surface area contributed by atoms with Gasteiger partial charge in [-0.05, 0) is 42.9 Å². The van der Waals surface area contributed by atoms with Gasteiger partial charge in [-0.2, -0.15) is 0 Å². The van der Waals surface area contributed by atoms with E-state index < -0.39 is 5.97 Å². The van der Waals surface area contributed by atoms with Crippen LogP contribution >= 0.6 is 11.3 Å². The summed E-state index contributed by atoms with van der Waals surface area (Å²) in [6.07, 6.45) is 4.80. The third kappa shape index (κ3) is 4.88. The summed E-state index contributed by atoms with van der Waals surface area (Å²) in [6.45, 7) is 1.31. The van der Waals surface area contributed by atoms with Crippen LogP contribution in [0.25, 0.3) is 0 Å². The molecule has 1 saturated heterocycles. The number of carboxylic acid groups (broad SMARTS) is 1. The van der Waals surface area contributed by atoms with Gasteiger partial charge in [0.1, 0.15) is 10.7 Å². The minimum absolute atomic E-state index is 0.0344. The quantitative estimate of drug-likeness (QED) is 0.836. The van der Waals surface area contributed by atoms with Crippen molar-refractivity contribution >= 4 is 23.2 Å². The van der Waals surface area contributed by atoms with Crippen molar-refractivity contribution in [1.29, 1.82) is 0 Å². The van der Waals surface area contributed by atoms with Gasteiger partial charge in [-0.3, -0.25) is 9.59 Å². The molecular weight excluding hydrogens is 355 g/mol. The number of piperidine rings is 1. The number of carbonyl (C=O) groups is 2. The van der Waals surface area contributed by atoms with Crippen molar-refractivity contribution in [2.45, 2.75) is 32.1 Å². The molecule has 2 heterocycles.